The number of fused-ring (bicyclic) bond motifs is 1. The predicted molar refractivity (Wildman–Crippen MR) is 104 cm³/mol. The number of pyridine rings is 2. The number of anilines is 1. The molecule has 0 unspecified atom stereocenters. The topological polar surface area (TPSA) is 102 Å². The third-order valence-electron chi connectivity index (χ3n) is 4.49. The van der Waals surface area contributed by atoms with Crippen LogP contribution in [-0.2, 0) is 5.41 Å². The highest BCUT2D eigenvalue weighted by molar-refractivity contribution is 6.11. The smallest absolute Gasteiger partial charge is 0.215 e. The maximum absolute atomic E-state index is 13.1. The molecular weight excluding hydrogens is 340 g/mol. The summed E-state index contributed by atoms with van der Waals surface area (Å²) in [4.78, 5) is 21.9. The molecular formula is C20H20N6O. The van der Waals surface area contributed by atoms with E-state index >= 15 is 0 Å². The fourth-order valence-corrected chi connectivity index (χ4v) is 2.98. The van der Waals surface area contributed by atoms with E-state index in [1.165, 1.54) is 0 Å². The van der Waals surface area contributed by atoms with E-state index in [1.807, 2.05) is 24.4 Å². The molecule has 136 valence electrons. The van der Waals surface area contributed by atoms with Crippen molar-refractivity contribution in [3.05, 3.63) is 66.0 Å². The highest BCUT2D eigenvalue weighted by Crippen LogP contribution is 2.25. The summed E-state index contributed by atoms with van der Waals surface area (Å²) in [5.41, 5.74) is 10.2. The van der Waals surface area contributed by atoms with Gasteiger partial charge in [-0.15, -0.1) is 0 Å². The van der Waals surface area contributed by atoms with Gasteiger partial charge in [0.05, 0.1) is 6.20 Å². The first-order valence-electron chi connectivity index (χ1n) is 8.62. The number of aromatic amines is 1. The molecule has 0 aliphatic heterocycles. The van der Waals surface area contributed by atoms with E-state index in [4.69, 9.17) is 5.73 Å². The Kier molecular flexibility index (Phi) is 3.80. The van der Waals surface area contributed by atoms with Crippen molar-refractivity contribution in [2.24, 2.45) is 0 Å². The highest BCUT2D eigenvalue weighted by Gasteiger charge is 2.21. The molecule has 3 N–H and O–H groups in total. The molecule has 0 fully saturated rings. The van der Waals surface area contributed by atoms with Crippen molar-refractivity contribution < 1.29 is 4.79 Å². The summed E-state index contributed by atoms with van der Waals surface area (Å²) in [6, 6.07) is 7.41. The molecule has 0 saturated carbocycles. The van der Waals surface area contributed by atoms with Crippen LogP contribution in [0.3, 0.4) is 0 Å². The summed E-state index contributed by atoms with van der Waals surface area (Å²) in [5, 5.41) is 6.75. The van der Waals surface area contributed by atoms with Gasteiger partial charge in [-0.05, 0) is 24.3 Å². The molecule has 0 aliphatic rings. The van der Waals surface area contributed by atoms with Gasteiger partial charge in [0.25, 0.3) is 0 Å². The summed E-state index contributed by atoms with van der Waals surface area (Å²) in [7, 11) is 0. The van der Waals surface area contributed by atoms with E-state index in [0.29, 0.717) is 16.9 Å². The number of nitrogens with zero attached hydrogens (tertiary/aromatic N) is 4. The van der Waals surface area contributed by atoms with Crippen LogP contribution >= 0.6 is 0 Å². The average Bonchev–Trinajstić information content (AvgIpc) is 3.27. The molecule has 4 rings (SSSR count). The van der Waals surface area contributed by atoms with Gasteiger partial charge in [-0.2, -0.15) is 5.10 Å². The Morgan fingerprint density at radius 1 is 1.11 bits per heavy atom. The van der Waals surface area contributed by atoms with Crippen molar-refractivity contribution in [2.75, 3.05) is 5.73 Å². The summed E-state index contributed by atoms with van der Waals surface area (Å²) >= 11 is 0. The van der Waals surface area contributed by atoms with Crippen LogP contribution in [0.15, 0.2) is 49.1 Å². The first-order valence-corrected chi connectivity index (χ1v) is 8.62. The summed E-state index contributed by atoms with van der Waals surface area (Å²) in [6.45, 7) is 6.24. The number of H-pyrrole nitrogens is 1. The lowest BCUT2D eigenvalue weighted by Gasteiger charge is -2.17. The Morgan fingerprint density at radius 3 is 2.56 bits per heavy atom. The molecule has 0 atom stereocenters. The van der Waals surface area contributed by atoms with Gasteiger partial charge < -0.3 is 5.73 Å². The largest absolute Gasteiger partial charge is 0.382 e. The highest BCUT2D eigenvalue weighted by atomic mass is 16.1. The Morgan fingerprint density at radius 2 is 1.93 bits per heavy atom. The normalized spacial score (nSPS) is 11.8. The minimum atomic E-state index is -0.211. The van der Waals surface area contributed by atoms with Crippen LogP contribution in [0.2, 0.25) is 0 Å². The van der Waals surface area contributed by atoms with Crippen LogP contribution < -0.4 is 5.73 Å². The van der Waals surface area contributed by atoms with Crippen LogP contribution in [0, 0.1) is 0 Å². The Balaban J connectivity index is 1.79. The van der Waals surface area contributed by atoms with Crippen molar-refractivity contribution in [3.63, 3.8) is 0 Å². The zero-order chi connectivity index (χ0) is 19.2. The molecule has 27 heavy (non-hydrogen) atoms. The summed E-state index contributed by atoms with van der Waals surface area (Å²) in [5.74, 6) is -0.0125. The lowest BCUT2D eigenvalue weighted by Crippen LogP contribution is -2.14. The van der Waals surface area contributed by atoms with Crippen LogP contribution in [0.5, 0.6) is 0 Å². The number of nitrogen functional groups attached to an aromatic ring is 1. The van der Waals surface area contributed by atoms with Crippen LogP contribution in [-0.4, -0.2) is 30.3 Å². The lowest BCUT2D eigenvalue weighted by atomic mass is 9.91. The zero-order valence-corrected chi connectivity index (χ0v) is 15.4. The van der Waals surface area contributed by atoms with Crippen molar-refractivity contribution in [1.82, 2.24) is 24.6 Å². The maximum Gasteiger partial charge on any atom is 0.215 e. The molecule has 0 amide bonds. The van der Waals surface area contributed by atoms with Gasteiger partial charge in [0.15, 0.2) is 5.82 Å². The summed E-state index contributed by atoms with van der Waals surface area (Å²) in [6.07, 6.45) is 6.95. The number of imidazole rings is 1. The number of ketones is 1. The van der Waals surface area contributed by atoms with Gasteiger partial charge in [0.1, 0.15) is 11.3 Å². The van der Waals surface area contributed by atoms with E-state index in [2.05, 4.69) is 40.9 Å². The third-order valence-corrected chi connectivity index (χ3v) is 4.49. The van der Waals surface area contributed by atoms with Crippen LogP contribution in [0.1, 0.15) is 42.5 Å². The quantitative estimate of drug-likeness (QED) is 0.546. The fraction of sp³-hybridized carbons (Fsp3) is 0.200. The predicted octanol–water partition coefficient (Wildman–Crippen LogP) is 3.23. The monoisotopic (exact) mass is 360 g/mol. The number of rotatable bonds is 3. The summed E-state index contributed by atoms with van der Waals surface area (Å²) < 4.78 is 1.72. The second kappa shape index (κ2) is 6.05. The molecule has 0 radical (unpaired) electrons. The van der Waals surface area contributed by atoms with Gasteiger partial charge in [-0.1, -0.05) is 20.8 Å². The van der Waals surface area contributed by atoms with E-state index in [1.54, 1.807) is 29.1 Å². The standard InChI is InChI=1S/C20H20N6O/c1-20(2,3)15-6-4-12(8-22-15)18(27)17-19(21)25-16-7-5-13(11-26(16)17)14-9-23-24-10-14/h4-11H,21H2,1-3H3,(H,23,24). The molecule has 0 aliphatic carbocycles. The first kappa shape index (κ1) is 17.0. The number of carbonyl (C=O) groups excluding carboxylic acids is 1. The molecule has 4 aromatic rings. The second-order valence-electron chi connectivity index (χ2n) is 7.49. The minimum Gasteiger partial charge on any atom is -0.382 e. The van der Waals surface area contributed by atoms with Crippen molar-refractivity contribution in [2.45, 2.75) is 26.2 Å². The molecule has 0 spiro atoms. The van der Waals surface area contributed by atoms with E-state index < -0.39 is 0 Å². The Hall–Kier alpha value is -3.48. The number of hydrogen-bond acceptors (Lipinski definition) is 5. The first-order chi connectivity index (χ1) is 12.8. The van der Waals surface area contributed by atoms with Gasteiger partial charge in [-0.25, -0.2) is 4.98 Å². The third kappa shape index (κ3) is 2.97. The zero-order valence-electron chi connectivity index (χ0n) is 15.4. The van der Waals surface area contributed by atoms with Crippen LogP contribution in [0.4, 0.5) is 5.82 Å². The van der Waals surface area contributed by atoms with Crippen LogP contribution in [0.25, 0.3) is 16.8 Å². The van der Waals surface area contributed by atoms with Gasteiger partial charge in [0.2, 0.25) is 5.78 Å². The number of nitrogens with one attached hydrogen (secondary N) is 1. The fourth-order valence-electron chi connectivity index (χ4n) is 2.98. The minimum absolute atomic E-state index is 0.0800. The van der Waals surface area contributed by atoms with E-state index in [0.717, 1.165) is 16.8 Å². The van der Waals surface area contributed by atoms with Crippen molar-refractivity contribution in [1.29, 1.82) is 0 Å². The van der Waals surface area contributed by atoms with Crippen molar-refractivity contribution >= 4 is 17.2 Å². The number of hydrogen-bond donors (Lipinski definition) is 2. The van der Waals surface area contributed by atoms with Gasteiger partial charge in [-0.3, -0.25) is 19.3 Å². The van der Waals surface area contributed by atoms with Gasteiger partial charge >= 0.3 is 0 Å². The molecule has 0 aromatic carbocycles. The molecule has 4 aromatic heterocycles. The molecule has 0 saturated heterocycles. The Labute approximate surface area is 156 Å². The molecule has 7 heteroatoms. The SMILES string of the molecule is CC(C)(C)c1ccc(C(=O)c2c(N)nc3ccc(-c4cn[nH]c4)cn23)cn1. The number of nitrogens with two attached hydrogens (primary N) is 1. The average molecular weight is 360 g/mol. The maximum atomic E-state index is 13.1. The molecule has 4 heterocycles. The molecule has 7 nitrogen and oxygen atoms in total. The number of aromatic nitrogens is 5. The second-order valence-corrected chi connectivity index (χ2v) is 7.49. The molecule has 0 bridgehead atoms. The lowest BCUT2D eigenvalue weighted by molar-refractivity contribution is 0.103. The van der Waals surface area contributed by atoms with Gasteiger partial charge in [0, 0.05) is 46.4 Å². The van der Waals surface area contributed by atoms with Crippen molar-refractivity contribution in [3.8, 4) is 11.1 Å². The number of carbonyl (C=O) groups is 1. The van der Waals surface area contributed by atoms with E-state index in [9.17, 15) is 4.79 Å². The van der Waals surface area contributed by atoms with E-state index in [-0.39, 0.29) is 17.0 Å². The Bertz CT molecular complexity index is 1120.